The summed E-state index contributed by atoms with van der Waals surface area (Å²) in [5.41, 5.74) is 5.86. The van der Waals surface area contributed by atoms with Crippen molar-refractivity contribution in [2.75, 3.05) is 20.0 Å². The first-order chi connectivity index (χ1) is 6.61. The van der Waals surface area contributed by atoms with E-state index in [1.54, 1.807) is 0 Å². The number of carbonyl (C=O) groups excluding carboxylic acids is 2. The summed E-state index contributed by atoms with van der Waals surface area (Å²) in [5.74, 6) is -1.11. The van der Waals surface area contributed by atoms with Gasteiger partial charge in [0.1, 0.15) is 4.88 Å². The summed E-state index contributed by atoms with van der Waals surface area (Å²) in [6.07, 6.45) is 0. The Morgan fingerprint density at radius 2 is 1.86 bits per heavy atom. The summed E-state index contributed by atoms with van der Waals surface area (Å²) in [6.45, 7) is 0. The molecule has 0 aromatic carbocycles. The van der Waals surface area contributed by atoms with Crippen molar-refractivity contribution in [1.29, 1.82) is 0 Å². The number of hydrogen-bond donors (Lipinski definition) is 1. The number of rotatable bonds is 2. The van der Waals surface area contributed by atoms with Crippen molar-refractivity contribution in [2.24, 2.45) is 0 Å². The molecule has 0 aliphatic heterocycles. The third-order valence-corrected chi connectivity index (χ3v) is 2.58. The maximum absolute atomic E-state index is 11.1. The number of hydrogen-bond acceptors (Lipinski definition) is 6. The standard InChI is InChI=1S/C8H9NO4S/c1-12-7(10)4-3-14-6(5(4)9)8(11)13-2/h3H,9H2,1-2H3. The number of ether oxygens (including phenoxy) is 2. The zero-order chi connectivity index (χ0) is 10.7. The zero-order valence-corrected chi connectivity index (χ0v) is 8.51. The molecule has 76 valence electrons. The van der Waals surface area contributed by atoms with Crippen LogP contribution in [0.5, 0.6) is 0 Å². The molecule has 0 saturated carbocycles. The van der Waals surface area contributed by atoms with Gasteiger partial charge < -0.3 is 15.2 Å². The number of anilines is 1. The zero-order valence-electron chi connectivity index (χ0n) is 7.70. The third-order valence-electron chi connectivity index (χ3n) is 1.61. The molecule has 0 unspecified atom stereocenters. The van der Waals surface area contributed by atoms with Crippen molar-refractivity contribution in [2.45, 2.75) is 0 Å². The topological polar surface area (TPSA) is 78.6 Å². The second kappa shape index (κ2) is 4.10. The molecule has 0 aliphatic carbocycles. The van der Waals surface area contributed by atoms with E-state index in [9.17, 15) is 9.59 Å². The lowest BCUT2D eigenvalue weighted by molar-refractivity contribution is 0.0602. The van der Waals surface area contributed by atoms with Gasteiger partial charge in [0.15, 0.2) is 0 Å². The Labute approximate surface area is 84.4 Å². The molecule has 5 nitrogen and oxygen atoms in total. The minimum absolute atomic E-state index is 0.105. The Hall–Kier alpha value is -1.56. The molecular weight excluding hydrogens is 206 g/mol. The van der Waals surface area contributed by atoms with Gasteiger partial charge in [0.25, 0.3) is 0 Å². The molecular formula is C8H9NO4S. The molecule has 1 rings (SSSR count). The van der Waals surface area contributed by atoms with Gasteiger partial charge in [-0.25, -0.2) is 9.59 Å². The molecule has 14 heavy (non-hydrogen) atoms. The monoisotopic (exact) mass is 215 g/mol. The van der Waals surface area contributed by atoms with Crippen LogP contribution in [-0.2, 0) is 9.47 Å². The first-order valence-electron chi connectivity index (χ1n) is 3.65. The van der Waals surface area contributed by atoms with Crippen molar-refractivity contribution in [1.82, 2.24) is 0 Å². The fourth-order valence-corrected chi connectivity index (χ4v) is 1.76. The van der Waals surface area contributed by atoms with E-state index < -0.39 is 11.9 Å². The van der Waals surface area contributed by atoms with Crippen LogP contribution in [0, 0.1) is 0 Å². The van der Waals surface area contributed by atoms with Gasteiger partial charge in [0.05, 0.1) is 25.5 Å². The summed E-state index contributed by atoms with van der Waals surface area (Å²) in [5, 5.41) is 1.47. The number of methoxy groups -OCH3 is 2. The first kappa shape index (κ1) is 10.5. The molecule has 1 aromatic rings. The normalized spacial score (nSPS) is 9.57. The minimum Gasteiger partial charge on any atom is -0.465 e. The Balaban J connectivity index is 3.08. The largest absolute Gasteiger partial charge is 0.465 e. The summed E-state index contributed by atoms with van der Waals surface area (Å²) in [4.78, 5) is 22.4. The van der Waals surface area contributed by atoms with E-state index in [0.717, 1.165) is 11.3 Å². The molecule has 0 spiro atoms. The summed E-state index contributed by atoms with van der Waals surface area (Å²) < 4.78 is 8.96. The highest BCUT2D eigenvalue weighted by Crippen LogP contribution is 2.26. The molecule has 0 bridgehead atoms. The lowest BCUT2D eigenvalue weighted by atomic mass is 10.2. The fraction of sp³-hybridized carbons (Fsp3) is 0.250. The SMILES string of the molecule is COC(=O)c1csc(C(=O)OC)c1N. The van der Waals surface area contributed by atoms with Crippen LogP contribution in [0.15, 0.2) is 5.38 Å². The highest BCUT2D eigenvalue weighted by Gasteiger charge is 2.20. The van der Waals surface area contributed by atoms with E-state index in [1.807, 2.05) is 0 Å². The molecule has 0 amide bonds. The van der Waals surface area contributed by atoms with E-state index in [-0.39, 0.29) is 16.1 Å². The number of esters is 2. The molecule has 0 radical (unpaired) electrons. The average Bonchev–Trinajstić information content (AvgIpc) is 2.58. The molecule has 1 aromatic heterocycles. The summed E-state index contributed by atoms with van der Waals surface area (Å²) in [7, 11) is 2.50. The van der Waals surface area contributed by atoms with Crippen molar-refractivity contribution in [3.63, 3.8) is 0 Å². The number of carbonyl (C=O) groups is 2. The van der Waals surface area contributed by atoms with Crippen LogP contribution in [0.25, 0.3) is 0 Å². The molecule has 0 aliphatic rings. The van der Waals surface area contributed by atoms with Gasteiger partial charge in [-0.05, 0) is 0 Å². The van der Waals surface area contributed by atoms with E-state index in [4.69, 9.17) is 5.73 Å². The highest BCUT2D eigenvalue weighted by atomic mass is 32.1. The predicted molar refractivity (Wildman–Crippen MR) is 51.4 cm³/mol. The van der Waals surface area contributed by atoms with Crippen LogP contribution in [0.4, 0.5) is 5.69 Å². The smallest absolute Gasteiger partial charge is 0.350 e. The molecule has 6 heteroatoms. The van der Waals surface area contributed by atoms with Crippen molar-refractivity contribution in [3.05, 3.63) is 15.8 Å². The van der Waals surface area contributed by atoms with Gasteiger partial charge in [-0.15, -0.1) is 11.3 Å². The number of nitrogen functional groups attached to an aromatic ring is 1. The van der Waals surface area contributed by atoms with Crippen LogP contribution in [0.1, 0.15) is 20.0 Å². The van der Waals surface area contributed by atoms with Gasteiger partial charge in [0.2, 0.25) is 0 Å². The van der Waals surface area contributed by atoms with Gasteiger partial charge in [0, 0.05) is 5.38 Å². The van der Waals surface area contributed by atoms with Crippen LogP contribution >= 0.6 is 11.3 Å². The van der Waals surface area contributed by atoms with Crippen LogP contribution in [-0.4, -0.2) is 26.2 Å². The number of nitrogens with two attached hydrogens (primary N) is 1. The van der Waals surface area contributed by atoms with Crippen LogP contribution < -0.4 is 5.73 Å². The molecule has 0 saturated heterocycles. The Morgan fingerprint density at radius 3 is 2.36 bits per heavy atom. The Bertz CT molecular complexity index is 338. The fourth-order valence-electron chi connectivity index (χ4n) is 0.886. The second-order valence-corrected chi connectivity index (χ2v) is 3.25. The van der Waals surface area contributed by atoms with E-state index in [2.05, 4.69) is 9.47 Å². The molecule has 1 heterocycles. The third kappa shape index (κ3) is 1.69. The minimum atomic E-state index is -0.561. The van der Waals surface area contributed by atoms with Gasteiger partial charge in [-0.3, -0.25) is 0 Å². The second-order valence-electron chi connectivity index (χ2n) is 2.38. The van der Waals surface area contributed by atoms with E-state index in [1.165, 1.54) is 19.6 Å². The summed E-state index contributed by atoms with van der Waals surface area (Å²) in [6, 6.07) is 0. The van der Waals surface area contributed by atoms with Gasteiger partial charge in [-0.2, -0.15) is 0 Å². The Morgan fingerprint density at radius 1 is 1.29 bits per heavy atom. The Kier molecular flexibility index (Phi) is 3.08. The predicted octanol–water partition coefficient (Wildman–Crippen LogP) is 0.903. The van der Waals surface area contributed by atoms with Crippen LogP contribution in [0.3, 0.4) is 0 Å². The first-order valence-corrected chi connectivity index (χ1v) is 4.53. The van der Waals surface area contributed by atoms with Crippen LogP contribution in [0.2, 0.25) is 0 Å². The lowest BCUT2D eigenvalue weighted by Crippen LogP contribution is -2.07. The maximum Gasteiger partial charge on any atom is 0.350 e. The maximum atomic E-state index is 11.1. The van der Waals surface area contributed by atoms with Gasteiger partial charge in [-0.1, -0.05) is 0 Å². The lowest BCUT2D eigenvalue weighted by Gasteiger charge is -1.99. The van der Waals surface area contributed by atoms with Crippen molar-refractivity contribution in [3.8, 4) is 0 Å². The van der Waals surface area contributed by atoms with Crippen molar-refractivity contribution >= 4 is 29.0 Å². The van der Waals surface area contributed by atoms with E-state index >= 15 is 0 Å². The summed E-state index contributed by atoms with van der Waals surface area (Å²) >= 11 is 1.05. The van der Waals surface area contributed by atoms with E-state index in [0.29, 0.717) is 0 Å². The average molecular weight is 215 g/mol. The van der Waals surface area contributed by atoms with Crippen molar-refractivity contribution < 1.29 is 19.1 Å². The molecule has 0 fully saturated rings. The highest BCUT2D eigenvalue weighted by molar-refractivity contribution is 7.13. The number of thiophene rings is 1. The molecule has 0 atom stereocenters. The molecule has 2 N–H and O–H groups in total. The quantitative estimate of drug-likeness (QED) is 0.741. The van der Waals surface area contributed by atoms with Gasteiger partial charge >= 0.3 is 11.9 Å².